The van der Waals surface area contributed by atoms with Crippen molar-refractivity contribution in [1.29, 1.82) is 0 Å². The van der Waals surface area contributed by atoms with Gasteiger partial charge < -0.3 is 5.11 Å². The molecule has 0 radical (unpaired) electrons. The van der Waals surface area contributed by atoms with Crippen LogP contribution in [-0.4, -0.2) is 43.4 Å². The summed E-state index contributed by atoms with van der Waals surface area (Å²) in [7, 11) is -2.18. The van der Waals surface area contributed by atoms with Crippen LogP contribution in [-0.2, 0) is 15.0 Å². The lowest BCUT2D eigenvalue weighted by molar-refractivity contribution is -0.137. The summed E-state index contributed by atoms with van der Waals surface area (Å²) < 4.78 is 27.9. The highest BCUT2D eigenvalue weighted by atomic mass is 32.2. The molecule has 112 valence electrons. The molecule has 0 bridgehead atoms. The van der Waals surface area contributed by atoms with E-state index in [1.165, 1.54) is 7.05 Å². The van der Waals surface area contributed by atoms with Gasteiger partial charge in [0.2, 0.25) is 0 Å². The molecule has 3 unspecified atom stereocenters. The molecule has 6 nitrogen and oxygen atoms in total. The van der Waals surface area contributed by atoms with E-state index in [4.69, 9.17) is 5.11 Å². The topological polar surface area (TPSA) is 86.7 Å². The van der Waals surface area contributed by atoms with E-state index in [2.05, 4.69) is 18.6 Å². The van der Waals surface area contributed by atoms with Crippen molar-refractivity contribution in [2.45, 2.75) is 45.6 Å². The lowest BCUT2D eigenvalue weighted by atomic mass is 9.94. The van der Waals surface area contributed by atoms with Gasteiger partial charge in [0.15, 0.2) is 0 Å². The van der Waals surface area contributed by atoms with Crippen LogP contribution in [0.15, 0.2) is 0 Å². The lowest BCUT2D eigenvalue weighted by Gasteiger charge is -2.24. The molecule has 19 heavy (non-hydrogen) atoms. The van der Waals surface area contributed by atoms with Crippen LogP contribution < -0.4 is 4.72 Å². The molecule has 2 N–H and O–H groups in total. The quantitative estimate of drug-likeness (QED) is 0.734. The van der Waals surface area contributed by atoms with Crippen LogP contribution in [0.2, 0.25) is 0 Å². The minimum Gasteiger partial charge on any atom is -0.481 e. The van der Waals surface area contributed by atoms with E-state index in [1.807, 2.05) is 0 Å². The molecule has 7 heteroatoms. The number of nitrogens with one attached hydrogen (secondary N) is 1. The third-order valence-electron chi connectivity index (χ3n) is 4.10. The molecule has 1 aliphatic carbocycles. The zero-order chi connectivity index (χ0) is 14.6. The van der Waals surface area contributed by atoms with E-state index >= 15 is 0 Å². The van der Waals surface area contributed by atoms with Gasteiger partial charge in [0.25, 0.3) is 10.2 Å². The summed E-state index contributed by atoms with van der Waals surface area (Å²) in [5.74, 6) is -0.105. The first kappa shape index (κ1) is 16.4. The highest BCUT2D eigenvalue weighted by Crippen LogP contribution is 2.34. The van der Waals surface area contributed by atoms with Crippen molar-refractivity contribution in [2.75, 3.05) is 13.6 Å². The Morgan fingerprint density at radius 3 is 2.53 bits per heavy atom. The highest BCUT2D eigenvalue weighted by Gasteiger charge is 2.35. The van der Waals surface area contributed by atoms with Crippen LogP contribution in [0.5, 0.6) is 0 Å². The van der Waals surface area contributed by atoms with Crippen molar-refractivity contribution in [3.05, 3.63) is 0 Å². The van der Waals surface area contributed by atoms with Crippen molar-refractivity contribution in [2.24, 2.45) is 11.8 Å². The van der Waals surface area contributed by atoms with Crippen LogP contribution in [0.25, 0.3) is 0 Å². The summed E-state index contributed by atoms with van der Waals surface area (Å²) in [6, 6.07) is -0.0396. The average molecular weight is 292 g/mol. The van der Waals surface area contributed by atoms with Crippen molar-refractivity contribution in [3.63, 3.8) is 0 Å². The summed E-state index contributed by atoms with van der Waals surface area (Å²) in [6.45, 7) is 4.19. The number of hydrogen-bond donors (Lipinski definition) is 2. The molecule has 1 aliphatic rings. The Hall–Kier alpha value is -0.660. The fourth-order valence-electron chi connectivity index (χ4n) is 2.64. The van der Waals surface area contributed by atoms with E-state index in [-0.39, 0.29) is 19.0 Å². The van der Waals surface area contributed by atoms with Crippen molar-refractivity contribution >= 4 is 16.2 Å². The monoisotopic (exact) mass is 292 g/mol. The lowest BCUT2D eigenvalue weighted by Crippen LogP contribution is -2.45. The Labute approximate surface area is 115 Å². The first-order valence-electron chi connectivity index (χ1n) is 6.73. The van der Waals surface area contributed by atoms with Crippen LogP contribution in [0.4, 0.5) is 0 Å². The largest absolute Gasteiger partial charge is 0.481 e. The number of hydrogen-bond acceptors (Lipinski definition) is 3. The second-order valence-electron chi connectivity index (χ2n) is 5.30. The standard InChI is InChI=1S/C12H24N2O4S/c1-4-10-5-6-11(9(10)2)13-19(17,18)14(3)8-7-12(15)16/h9-11,13H,4-8H2,1-3H3,(H,15,16). The van der Waals surface area contributed by atoms with Crippen LogP contribution in [0.3, 0.4) is 0 Å². The molecule has 1 saturated carbocycles. The molecular weight excluding hydrogens is 268 g/mol. The molecule has 0 saturated heterocycles. The van der Waals surface area contributed by atoms with Gasteiger partial charge in [-0.2, -0.15) is 17.4 Å². The van der Waals surface area contributed by atoms with Gasteiger partial charge in [-0.05, 0) is 24.7 Å². The highest BCUT2D eigenvalue weighted by molar-refractivity contribution is 7.87. The molecule has 0 aromatic heterocycles. The molecule has 1 rings (SSSR count). The molecular formula is C12H24N2O4S. The fourth-order valence-corrected chi connectivity index (χ4v) is 3.87. The SMILES string of the molecule is CCC1CCC(NS(=O)(=O)N(C)CCC(=O)O)C1C. The van der Waals surface area contributed by atoms with E-state index < -0.39 is 16.2 Å². The van der Waals surface area contributed by atoms with Crippen molar-refractivity contribution in [1.82, 2.24) is 9.03 Å². The number of carboxylic acid groups (broad SMARTS) is 1. The van der Waals surface area contributed by atoms with E-state index in [9.17, 15) is 13.2 Å². The van der Waals surface area contributed by atoms with Gasteiger partial charge in [-0.15, -0.1) is 0 Å². The van der Waals surface area contributed by atoms with Crippen LogP contribution in [0.1, 0.15) is 39.5 Å². The molecule has 1 fully saturated rings. The molecule has 0 aromatic carbocycles. The molecule has 0 heterocycles. The molecule has 0 aliphatic heterocycles. The summed E-state index contributed by atoms with van der Waals surface area (Å²) >= 11 is 0. The number of nitrogens with zero attached hydrogens (tertiary/aromatic N) is 1. The molecule has 3 atom stereocenters. The minimum atomic E-state index is -3.58. The van der Waals surface area contributed by atoms with Crippen LogP contribution >= 0.6 is 0 Å². The smallest absolute Gasteiger partial charge is 0.304 e. The Balaban J connectivity index is 2.57. The van der Waals surface area contributed by atoms with Gasteiger partial charge in [0, 0.05) is 19.6 Å². The van der Waals surface area contributed by atoms with E-state index in [0.717, 1.165) is 23.6 Å². The summed E-state index contributed by atoms with van der Waals surface area (Å²) in [5, 5.41) is 8.58. The Morgan fingerprint density at radius 2 is 2.05 bits per heavy atom. The Kier molecular flexibility index (Phi) is 5.76. The van der Waals surface area contributed by atoms with Gasteiger partial charge >= 0.3 is 5.97 Å². The second-order valence-corrected chi connectivity index (χ2v) is 7.11. The third-order valence-corrected chi connectivity index (χ3v) is 5.71. The maximum Gasteiger partial charge on any atom is 0.304 e. The zero-order valence-electron chi connectivity index (χ0n) is 11.8. The predicted octanol–water partition coefficient (Wildman–Crippen LogP) is 1.05. The minimum absolute atomic E-state index is 0.0109. The number of carboxylic acids is 1. The average Bonchev–Trinajstić information content (AvgIpc) is 2.66. The molecule has 0 aromatic rings. The van der Waals surface area contributed by atoms with E-state index in [1.54, 1.807) is 0 Å². The fraction of sp³-hybridized carbons (Fsp3) is 0.917. The summed E-state index contributed by atoms with van der Waals surface area (Å²) in [4.78, 5) is 10.5. The van der Waals surface area contributed by atoms with E-state index in [0.29, 0.717) is 11.8 Å². The van der Waals surface area contributed by atoms with Gasteiger partial charge in [-0.25, -0.2) is 0 Å². The maximum atomic E-state index is 12.1. The molecule has 0 amide bonds. The number of carbonyl (C=O) groups is 1. The molecule has 0 spiro atoms. The normalized spacial score (nSPS) is 27.9. The summed E-state index contributed by atoms with van der Waals surface area (Å²) in [6.07, 6.45) is 2.78. The predicted molar refractivity (Wildman–Crippen MR) is 72.9 cm³/mol. The Morgan fingerprint density at radius 1 is 1.42 bits per heavy atom. The second kappa shape index (κ2) is 6.67. The number of rotatable bonds is 7. The van der Waals surface area contributed by atoms with Crippen LogP contribution in [0, 0.1) is 11.8 Å². The third kappa shape index (κ3) is 4.43. The maximum absolute atomic E-state index is 12.1. The first-order valence-corrected chi connectivity index (χ1v) is 8.17. The van der Waals surface area contributed by atoms with Gasteiger partial charge in [-0.3, -0.25) is 4.79 Å². The zero-order valence-corrected chi connectivity index (χ0v) is 12.6. The van der Waals surface area contributed by atoms with Gasteiger partial charge in [0.1, 0.15) is 0 Å². The van der Waals surface area contributed by atoms with Gasteiger partial charge in [-0.1, -0.05) is 20.3 Å². The first-order chi connectivity index (χ1) is 8.77. The van der Waals surface area contributed by atoms with Crippen molar-refractivity contribution in [3.8, 4) is 0 Å². The Bertz CT molecular complexity index is 410. The van der Waals surface area contributed by atoms with Crippen molar-refractivity contribution < 1.29 is 18.3 Å². The van der Waals surface area contributed by atoms with Gasteiger partial charge in [0.05, 0.1) is 6.42 Å². The number of aliphatic carboxylic acids is 1. The summed E-state index contributed by atoms with van der Waals surface area (Å²) in [5.41, 5.74) is 0.